The Kier molecular flexibility index (Phi) is 3.33. The van der Waals surface area contributed by atoms with Gasteiger partial charge in [-0.25, -0.2) is 0 Å². The Morgan fingerprint density at radius 3 is 2.23 bits per heavy atom. The third kappa shape index (κ3) is 2.42. The second-order valence-corrected chi connectivity index (χ2v) is 4.53. The Hall–Kier alpha value is -0.120. The van der Waals surface area contributed by atoms with Crippen molar-refractivity contribution in [2.24, 2.45) is 5.73 Å². The van der Waals surface area contributed by atoms with E-state index in [-0.39, 0.29) is 0 Å². The predicted octanol–water partition coefficient (Wildman–Crippen LogP) is 0.569. The smallest absolute Gasteiger partial charge is 0.0689 e. The Balaban J connectivity index is 2.61. The number of nitrogens with zero attached hydrogens (tertiary/aromatic N) is 1. The van der Waals surface area contributed by atoms with Gasteiger partial charge >= 0.3 is 0 Å². The van der Waals surface area contributed by atoms with Gasteiger partial charge in [-0.3, -0.25) is 0 Å². The van der Waals surface area contributed by atoms with E-state index in [0.29, 0.717) is 18.6 Å². The molecule has 3 nitrogen and oxygen atoms in total. The SMILES string of the molecule is CC1CC(O)(CCN)CC(C)N1C. The highest BCUT2D eigenvalue weighted by molar-refractivity contribution is 4.93. The van der Waals surface area contributed by atoms with E-state index >= 15 is 0 Å². The van der Waals surface area contributed by atoms with Crippen molar-refractivity contribution in [1.29, 1.82) is 0 Å². The summed E-state index contributed by atoms with van der Waals surface area (Å²) in [5.41, 5.74) is 4.98. The molecule has 13 heavy (non-hydrogen) atoms. The van der Waals surface area contributed by atoms with Gasteiger partial charge in [0.2, 0.25) is 0 Å². The van der Waals surface area contributed by atoms with Gasteiger partial charge in [0, 0.05) is 12.1 Å². The van der Waals surface area contributed by atoms with Crippen molar-refractivity contribution in [2.45, 2.75) is 50.8 Å². The Labute approximate surface area is 80.9 Å². The highest BCUT2D eigenvalue weighted by atomic mass is 16.3. The summed E-state index contributed by atoms with van der Waals surface area (Å²) in [4.78, 5) is 2.32. The number of hydrogen-bond donors (Lipinski definition) is 2. The van der Waals surface area contributed by atoms with Crippen molar-refractivity contribution in [3.05, 3.63) is 0 Å². The van der Waals surface area contributed by atoms with Crippen LogP contribution >= 0.6 is 0 Å². The normalized spacial score (nSPS) is 42.2. The van der Waals surface area contributed by atoms with E-state index in [2.05, 4.69) is 25.8 Å². The molecule has 0 aliphatic carbocycles. The van der Waals surface area contributed by atoms with Crippen LogP contribution < -0.4 is 5.73 Å². The van der Waals surface area contributed by atoms with Crippen LogP contribution in [-0.4, -0.2) is 41.3 Å². The molecule has 78 valence electrons. The van der Waals surface area contributed by atoms with E-state index in [0.717, 1.165) is 19.3 Å². The van der Waals surface area contributed by atoms with Crippen LogP contribution in [0.5, 0.6) is 0 Å². The number of piperidine rings is 1. The summed E-state index contributed by atoms with van der Waals surface area (Å²) >= 11 is 0. The minimum atomic E-state index is -0.514. The van der Waals surface area contributed by atoms with Crippen LogP contribution in [-0.2, 0) is 0 Å². The first-order valence-corrected chi connectivity index (χ1v) is 5.13. The molecule has 1 aliphatic rings. The topological polar surface area (TPSA) is 49.5 Å². The van der Waals surface area contributed by atoms with Crippen LogP contribution in [0.2, 0.25) is 0 Å². The first-order valence-electron chi connectivity index (χ1n) is 5.13. The standard InChI is InChI=1S/C10H22N2O/c1-8-6-10(13,4-5-11)7-9(2)12(8)3/h8-9,13H,4-7,11H2,1-3H3. The lowest BCUT2D eigenvalue weighted by Gasteiger charge is -2.45. The maximum absolute atomic E-state index is 10.2. The van der Waals surface area contributed by atoms with Crippen LogP contribution in [0.1, 0.15) is 33.1 Å². The lowest BCUT2D eigenvalue weighted by Crippen LogP contribution is -2.52. The third-order valence-electron chi connectivity index (χ3n) is 3.35. The zero-order chi connectivity index (χ0) is 10.1. The number of hydrogen-bond acceptors (Lipinski definition) is 3. The molecule has 0 bridgehead atoms. The molecule has 1 saturated heterocycles. The molecule has 0 amide bonds. The predicted molar refractivity (Wildman–Crippen MR) is 54.5 cm³/mol. The van der Waals surface area contributed by atoms with Crippen molar-refractivity contribution in [3.8, 4) is 0 Å². The first-order chi connectivity index (χ1) is 5.98. The van der Waals surface area contributed by atoms with Gasteiger partial charge in [-0.2, -0.15) is 0 Å². The number of rotatable bonds is 2. The number of aliphatic hydroxyl groups is 1. The van der Waals surface area contributed by atoms with E-state index in [1.54, 1.807) is 0 Å². The van der Waals surface area contributed by atoms with Gasteiger partial charge in [-0.05, 0) is 46.7 Å². The maximum atomic E-state index is 10.2. The summed E-state index contributed by atoms with van der Waals surface area (Å²) in [6.07, 6.45) is 2.44. The molecule has 0 spiro atoms. The molecule has 1 aliphatic heterocycles. The molecule has 1 heterocycles. The fourth-order valence-corrected chi connectivity index (χ4v) is 2.38. The molecule has 0 aromatic rings. The van der Waals surface area contributed by atoms with Gasteiger partial charge in [-0.15, -0.1) is 0 Å². The van der Waals surface area contributed by atoms with Crippen molar-refractivity contribution in [2.75, 3.05) is 13.6 Å². The van der Waals surface area contributed by atoms with Crippen molar-refractivity contribution >= 4 is 0 Å². The van der Waals surface area contributed by atoms with Crippen LogP contribution in [0.15, 0.2) is 0 Å². The average Bonchev–Trinajstić information content (AvgIpc) is 2.00. The monoisotopic (exact) mass is 186 g/mol. The molecule has 3 heteroatoms. The van der Waals surface area contributed by atoms with Crippen LogP contribution in [0, 0.1) is 0 Å². The summed E-state index contributed by atoms with van der Waals surface area (Å²) in [5.74, 6) is 0. The zero-order valence-corrected chi connectivity index (χ0v) is 8.95. The van der Waals surface area contributed by atoms with Crippen molar-refractivity contribution in [3.63, 3.8) is 0 Å². The number of nitrogens with two attached hydrogens (primary N) is 1. The second-order valence-electron chi connectivity index (χ2n) is 4.53. The molecule has 1 fully saturated rings. The first kappa shape index (κ1) is 11.0. The Morgan fingerprint density at radius 1 is 1.38 bits per heavy atom. The van der Waals surface area contributed by atoms with Gasteiger partial charge in [-0.1, -0.05) is 0 Å². The quantitative estimate of drug-likeness (QED) is 0.663. The zero-order valence-electron chi connectivity index (χ0n) is 8.95. The van der Waals surface area contributed by atoms with Gasteiger partial charge in [0.1, 0.15) is 0 Å². The lowest BCUT2D eigenvalue weighted by molar-refractivity contribution is -0.0614. The van der Waals surface area contributed by atoms with Gasteiger partial charge in [0.05, 0.1) is 5.60 Å². The van der Waals surface area contributed by atoms with E-state index in [9.17, 15) is 5.11 Å². The molecule has 1 rings (SSSR count). The second kappa shape index (κ2) is 3.95. The average molecular weight is 186 g/mol. The largest absolute Gasteiger partial charge is 0.390 e. The molecular formula is C10H22N2O. The van der Waals surface area contributed by atoms with E-state index < -0.39 is 5.60 Å². The van der Waals surface area contributed by atoms with E-state index in [1.165, 1.54) is 0 Å². The third-order valence-corrected chi connectivity index (χ3v) is 3.35. The fourth-order valence-electron chi connectivity index (χ4n) is 2.38. The summed E-state index contributed by atoms with van der Waals surface area (Å²) in [6, 6.07) is 0.917. The van der Waals surface area contributed by atoms with Crippen LogP contribution in [0.3, 0.4) is 0 Å². The summed E-state index contributed by atoms with van der Waals surface area (Å²) in [7, 11) is 2.12. The Bertz CT molecular complexity index is 160. The minimum absolute atomic E-state index is 0.459. The maximum Gasteiger partial charge on any atom is 0.0689 e. The summed E-state index contributed by atoms with van der Waals surface area (Å²) < 4.78 is 0. The van der Waals surface area contributed by atoms with E-state index in [4.69, 9.17) is 5.73 Å². The van der Waals surface area contributed by atoms with Crippen molar-refractivity contribution in [1.82, 2.24) is 4.90 Å². The molecule has 2 unspecified atom stereocenters. The van der Waals surface area contributed by atoms with Crippen LogP contribution in [0.25, 0.3) is 0 Å². The molecule has 3 N–H and O–H groups in total. The van der Waals surface area contributed by atoms with Crippen molar-refractivity contribution < 1.29 is 5.11 Å². The molecule has 0 radical (unpaired) electrons. The van der Waals surface area contributed by atoms with Gasteiger partial charge < -0.3 is 15.7 Å². The molecule has 0 aromatic heterocycles. The highest BCUT2D eigenvalue weighted by Crippen LogP contribution is 2.31. The van der Waals surface area contributed by atoms with Crippen LogP contribution in [0.4, 0.5) is 0 Å². The minimum Gasteiger partial charge on any atom is -0.390 e. The summed E-state index contributed by atoms with van der Waals surface area (Å²) in [6.45, 7) is 4.91. The van der Waals surface area contributed by atoms with E-state index in [1.807, 2.05) is 0 Å². The fraction of sp³-hybridized carbons (Fsp3) is 1.00. The number of likely N-dealkylation sites (tertiary alicyclic amines) is 1. The van der Waals surface area contributed by atoms with Gasteiger partial charge in [0.25, 0.3) is 0 Å². The van der Waals surface area contributed by atoms with Gasteiger partial charge in [0.15, 0.2) is 0 Å². The highest BCUT2D eigenvalue weighted by Gasteiger charge is 2.37. The lowest BCUT2D eigenvalue weighted by atomic mass is 9.81. The molecule has 2 atom stereocenters. The summed E-state index contributed by atoms with van der Waals surface area (Å²) in [5, 5.41) is 10.2. The molecule has 0 aromatic carbocycles. The Morgan fingerprint density at radius 2 is 1.85 bits per heavy atom. The molecular weight excluding hydrogens is 164 g/mol. The molecule has 0 saturated carbocycles.